The van der Waals surface area contributed by atoms with Gasteiger partial charge in [0.2, 0.25) is 11.7 Å². The molecule has 0 unspecified atom stereocenters. The number of hydrogen-bond acceptors (Lipinski definition) is 5. The first-order valence-corrected chi connectivity index (χ1v) is 9.83. The molecule has 4 aromatic rings. The molecule has 1 amide bonds. The molecule has 0 spiro atoms. The lowest BCUT2D eigenvalue weighted by molar-refractivity contribution is -0.113. The van der Waals surface area contributed by atoms with Crippen LogP contribution in [0.25, 0.3) is 16.7 Å². The lowest BCUT2D eigenvalue weighted by Gasteiger charge is -2.09. The summed E-state index contributed by atoms with van der Waals surface area (Å²) in [5.41, 5.74) is 0.556. The summed E-state index contributed by atoms with van der Waals surface area (Å²) in [6.45, 7) is 3.93. The largest absolute Gasteiger partial charge is 0.325 e. The normalized spacial score (nSPS) is 11.1. The Morgan fingerprint density at radius 2 is 1.97 bits per heavy atom. The molecule has 30 heavy (non-hydrogen) atoms. The number of para-hydroxylation sites is 1. The highest BCUT2D eigenvalue weighted by molar-refractivity contribution is 7.99. The molecular formula is C20H15F2N5O2S. The number of halogens is 2. The van der Waals surface area contributed by atoms with Crippen LogP contribution in [-0.4, -0.2) is 30.8 Å². The molecule has 0 aliphatic rings. The molecule has 0 aliphatic heterocycles. The number of benzene rings is 2. The van der Waals surface area contributed by atoms with Crippen LogP contribution in [0, 0.1) is 11.6 Å². The molecule has 10 heteroatoms. The van der Waals surface area contributed by atoms with E-state index in [0.29, 0.717) is 21.8 Å². The monoisotopic (exact) mass is 427 g/mol. The Morgan fingerprint density at radius 1 is 1.17 bits per heavy atom. The van der Waals surface area contributed by atoms with Crippen molar-refractivity contribution < 1.29 is 13.6 Å². The highest BCUT2D eigenvalue weighted by Gasteiger charge is 2.17. The predicted molar refractivity (Wildman–Crippen MR) is 111 cm³/mol. The second-order valence-corrected chi connectivity index (χ2v) is 7.25. The molecule has 0 fully saturated rings. The minimum absolute atomic E-state index is 0.0469. The Labute approximate surface area is 173 Å². The summed E-state index contributed by atoms with van der Waals surface area (Å²) in [5, 5.41) is 11.7. The van der Waals surface area contributed by atoms with E-state index in [9.17, 15) is 18.4 Å². The molecule has 152 valence electrons. The Bertz CT molecular complexity index is 1350. The van der Waals surface area contributed by atoms with Crippen LogP contribution in [0.3, 0.4) is 0 Å². The lowest BCUT2D eigenvalue weighted by atomic mass is 10.2. The van der Waals surface area contributed by atoms with Crippen LogP contribution in [0.4, 0.5) is 14.5 Å². The van der Waals surface area contributed by atoms with Crippen LogP contribution in [0.2, 0.25) is 0 Å². The second kappa shape index (κ2) is 8.07. The van der Waals surface area contributed by atoms with Crippen molar-refractivity contribution in [3.8, 4) is 0 Å². The van der Waals surface area contributed by atoms with Crippen molar-refractivity contribution in [1.82, 2.24) is 19.2 Å². The number of aromatic nitrogens is 4. The topological polar surface area (TPSA) is 81.3 Å². The van der Waals surface area contributed by atoms with Crippen LogP contribution < -0.4 is 10.9 Å². The molecule has 0 radical (unpaired) electrons. The fraction of sp³-hybridized carbons (Fsp3) is 0.100. The third-order valence-corrected chi connectivity index (χ3v) is 5.25. The van der Waals surface area contributed by atoms with Gasteiger partial charge in [0.05, 0.1) is 16.7 Å². The molecular weight excluding hydrogens is 412 g/mol. The van der Waals surface area contributed by atoms with Crippen LogP contribution in [0.15, 0.2) is 65.1 Å². The molecule has 1 N–H and O–H groups in total. The zero-order valence-electron chi connectivity index (χ0n) is 15.5. The molecule has 2 aromatic heterocycles. The zero-order valence-corrected chi connectivity index (χ0v) is 16.3. The summed E-state index contributed by atoms with van der Waals surface area (Å²) < 4.78 is 29.5. The van der Waals surface area contributed by atoms with E-state index in [0.717, 1.165) is 23.9 Å². The first-order valence-electron chi connectivity index (χ1n) is 8.85. The van der Waals surface area contributed by atoms with E-state index in [1.807, 2.05) is 0 Å². The Balaban J connectivity index is 1.65. The third-order valence-electron chi connectivity index (χ3n) is 4.33. The van der Waals surface area contributed by atoms with Gasteiger partial charge in [-0.25, -0.2) is 8.78 Å². The van der Waals surface area contributed by atoms with Gasteiger partial charge in [-0.3, -0.25) is 18.6 Å². The standard InChI is InChI=1S/C20H15F2N5O2S/c1-2-9-26-18(29)13-5-3-4-6-16(13)27-19(26)24-25-20(27)30-11-17(28)23-12-7-8-14(21)15(22)10-12/h2-8,10H,1,9,11H2,(H,23,28). The summed E-state index contributed by atoms with van der Waals surface area (Å²) in [5.74, 6) is -2.17. The van der Waals surface area contributed by atoms with Gasteiger partial charge in [-0.1, -0.05) is 30.0 Å². The van der Waals surface area contributed by atoms with E-state index in [1.54, 1.807) is 34.7 Å². The van der Waals surface area contributed by atoms with Gasteiger partial charge in [-0.05, 0) is 24.3 Å². The zero-order chi connectivity index (χ0) is 21.3. The molecule has 2 aromatic carbocycles. The Kier molecular flexibility index (Phi) is 5.32. The van der Waals surface area contributed by atoms with Crippen molar-refractivity contribution in [3.05, 3.63) is 77.1 Å². The average Bonchev–Trinajstić information content (AvgIpc) is 3.16. The van der Waals surface area contributed by atoms with Gasteiger partial charge in [-0.2, -0.15) is 0 Å². The first-order chi connectivity index (χ1) is 14.5. The second-order valence-electron chi connectivity index (χ2n) is 6.31. The first kappa shape index (κ1) is 19.8. The van der Waals surface area contributed by atoms with Gasteiger partial charge in [-0.15, -0.1) is 16.8 Å². The van der Waals surface area contributed by atoms with Gasteiger partial charge in [0, 0.05) is 18.3 Å². The molecule has 7 nitrogen and oxygen atoms in total. The fourth-order valence-corrected chi connectivity index (χ4v) is 3.76. The van der Waals surface area contributed by atoms with Gasteiger partial charge >= 0.3 is 0 Å². The quantitative estimate of drug-likeness (QED) is 0.377. The van der Waals surface area contributed by atoms with E-state index in [2.05, 4.69) is 22.1 Å². The van der Waals surface area contributed by atoms with E-state index in [-0.39, 0.29) is 23.5 Å². The van der Waals surface area contributed by atoms with Crippen LogP contribution in [0.1, 0.15) is 0 Å². The minimum Gasteiger partial charge on any atom is -0.325 e. The maximum absolute atomic E-state index is 13.3. The van der Waals surface area contributed by atoms with Crippen molar-refractivity contribution in [1.29, 1.82) is 0 Å². The van der Waals surface area contributed by atoms with Crippen molar-refractivity contribution in [2.75, 3.05) is 11.1 Å². The molecule has 2 heterocycles. The SMILES string of the molecule is C=CCn1c(=O)c2ccccc2n2c(SCC(=O)Nc3ccc(F)c(F)c3)nnc12. The number of nitrogens with one attached hydrogen (secondary N) is 1. The minimum atomic E-state index is -1.05. The van der Waals surface area contributed by atoms with Crippen molar-refractivity contribution >= 4 is 40.0 Å². The molecule has 0 atom stereocenters. The molecule has 0 aliphatic carbocycles. The van der Waals surface area contributed by atoms with E-state index in [1.165, 1.54) is 10.6 Å². The number of fused-ring (bicyclic) bond motifs is 3. The van der Waals surface area contributed by atoms with Gasteiger partial charge in [0.1, 0.15) is 0 Å². The number of amides is 1. The number of nitrogens with zero attached hydrogens (tertiary/aromatic N) is 4. The summed E-state index contributed by atoms with van der Waals surface area (Å²) in [4.78, 5) is 25.0. The molecule has 0 saturated carbocycles. The number of anilines is 1. The fourth-order valence-electron chi connectivity index (χ4n) is 3.02. The number of allylic oxidation sites excluding steroid dienone is 1. The van der Waals surface area contributed by atoms with Crippen molar-refractivity contribution in [3.63, 3.8) is 0 Å². The Hall–Kier alpha value is -3.53. The smallest absolute Gasteiger partial charge is 0.263 e. The van der Waals surface area contributed by atoms with Crippen LogP contribution >= 0.6 is 11.8 Å². The van der Waals surface area contributed by atoms with Gasteiger partial charge in [0.15, 0.2) is 16.8 Å². The van der Waals surface area contributed by atoms with Crippen LogP contribution in [0.5, 0.6) is 0 Å². The number of rotatable bonds is 6. The molecule has 4 rings (SSSR count). The maximum atomic E-state index is 13.3. The third kappa shape index (κ3) is 3.57. The summed E-state index contributed by atoms with van der Waals surface area (Å²) in [6, 6.07) is 10.2. The van der Waals surface area contributed by atoms with Gasteiger partial charge in [0.25, 0.3) is 5.56 Å². The predicted octanol–water partition coefficient (Wildman–Crippen LogP) is 3.24. The number of carbonyl (C=O) groups is 1. The number of hydrogen-bond donors (Lipinski definition) is 1. The number of thioether (sulfide) groups is 1. The number of carbonyl (C=O) groups excluding carboxylic acids is 1. The highest BCUT2D eigenvalue weighted by Crippen LogP contribution is 2.22. The maximum Gasteiger partial charge on any atom is 0.263 e. The van der Waals surface area contributed by atoms with Crippen molar-refractivity contribution in [2.24, 2.45) is 0 Å². The molecule has 0 saturated heterocycles. The van der Waals surface area contributed by atoms with Gasteiger partial charge < -0.3 is 5.32 Å². The van der Waals surface area contributed by atoms with E-state index < -0.39 is 17.5 Å². The lowest BCUT2D eigenvalue weighted by Crippen LogP contribution is -2.22. The molecule has 0 bridgehead atoms. The Morgan fingerprint density at radius 3 is 2.73 bits per heavy atom. The van der Waals surface area contributed by atoms with Crippen LogP contribution in [-0.2, 0) is 11.3 Å². The average molecular weight is 427 g/mol. The van der Waals surface area contributed by atoms with Crippen molar-refractivity contribution in [2.45, 2.75) is 11.7 Å². The summed E-state index contributed by atoms with van der Waals surface area (Å²) >= 11 is 1.11. The highest BCUT2D eigenvalue weighted by atomic mass is 32.2. The van der Waals surface area contributed by atoms with E-state index in [4.69, 9.17) is 0 Å². The van der Waals surface area contributed by atoms with E-state index >= 15 is 0 Å². The summed E-state index contributed by atoms with van der Waals surface area (Å²) in [6.07, 6.45) is 1.59. The summed E-state index contributed by atoms with van der Waals surface area (Å²) in [7, 11) is 0.